The van der Waals surface area contributed by atoms with Crippen LogP contribution in [0, 0.1) is 0 Å². The van der Waals surface area contributed by atoms with Crippen LogP contribution in [0.25, 0.3) is 58.6 Å². The van der Waals surface area contributed by atoms with E-state index in [1.165, 1.54) is 75.0 Å². The third-order valence-corrected chi connectivity index (χ3v) is 9.97. The minimum Gasteiger partial charge on any atom is -0.309 e. The van der Waals surface area contributed by atoms with Crippen LogP contribution >= 0.6 is 11.3 Å². The van der Waals surface area contributed by atoms with Crippen molar-refractivity contribution in [2.75, 3.05) is 4.90 Å². The van der Waals surface area contributed by atoms with Crippen molar-refractivity contribution in [1.29, 1.82) is 0 Å². The Balaban J connectivity index is 1.43. The molecule has 1 nitrogen and oxygen atoms in total. The number of hydrogen-bond acceptors (Lipinski definition) is 2. The Kier molecular flexibility index (Phi) is 5.26. The Labute approximate surface area is 248 Å². The monoisotopic (exact) mass is 553 g/mol. The summed E-state index contributed by atoms with van der Waals surface area (Å²) in [5.74, 6) is 0. The molecule has 0 saturated heterocycles. The Morgan fingerprint density at radius 1 is 0.524 bits per heavy atom. The van der Waals surface area contributed by atoms with Gasteiger partial charge in [0.2, 0.25) is 0 Å². The Morgan fingerprint density at radius 2 is 1.19 bits per heavy atom. The third-order valence-electron chi connectivity index (χ3n) is 8.87. The van der Waals surface area contributed by atoms with Crippen molar-refractivity contribution in [2.24, 2.45) is 0 Å². The average molecular weight is 554 g/mol. The minimum absolute atomic E-state index is 1.10. The number of aryl methyl sites for hydroxylation is 1. The van der Waals surface area contributed by atoms with Crippen LogP contribution in [0.1, 0.15) is 17.5 Å². The predicted molar refractivity (Wildman–Crippen MR) is 184 cm³/mol. The SMILES string of the molecule is C1=Cc2ccc3sc4cc(N(c5ccccc5)c5cc6ccccc6c6ccccc56)c5ccccc5c4c3c2CC1. The number of rotatable bonds is 3. The molecule has 8 aromatic rings. The van der Waals surface area contributed by atoms with E-state index in [9.17, 15) is 0 Å². The molecule has 198 valence electrons. The van der Waals surface area contributed by atoms with Crippen molar-refractivity contribution >= 4 is 87.0 Å². The second-order valence-electron chi connectivity index (χ2n) is 11.2. The molecular weight excluding hydrogens is 527 g/mol. The van der Waals surface area contributed by atoms with Crippen molar-refractivity contribution in [3.05, 3.63) is 145 Å². The van der Waals surface area contributed by atoms with Gasteiger partial charge < -0.3 is 4.90 Å². The zero-order valence-electron chi connectivity index (χ0n) is 23.0. The largest absolute Gasteiger partial charge is 0.309 e. The summed E-state index contributed by atoms with van der Waals surface area (Å²) in [5.41, 5.74) is 6.44. The maximum Gasteiger partial charge on any atom is 0.0554 e. The highest BCUT2D eigenvalue weighted by molar-refractivity contribution is 7.26. The van der Waals surface area contributed by atoms with E-state index in [1.807, 2.05) is 11.3 Å². The Morgan fingerprint density at radius 3 is 2.02 bits per heavy atom. The molecule has 0 aliphatic heterocycles. The van der Waals surface area contributed by atoms with E-state index in [0.29, 0.717) is 0 Å². The highest BCUT2D eigenvalue weighted by atomic mass is 32.1. The molecule has 0 unspecified atom stereocenters. The summed E-state index contributed by atoms with van der Waals surface area (Å²) in [6.45, 7) is 0. The molecule has 42 heavy (non-hydrogen) atoms. The van der Waals surface area contributed by atoms with Crippen molar-refractivity contribution in [3.8, 4) is 0 Å². The third kappa shape index (κ3) is 3.49. The number of thiophene rings is 1. The molecule has 1 aliphatic rings. The second-order valence-corrected chi connectivity index (χ2v) is 12.3. The first-order valence-corrected chi connectivity index (χ1v) is 15.5. The van der Waals surface area contributed by atoms with Crippen molar-refractivity contribution in [3.63, 3.8) is 0 Å². The van der Waals surface area contributed by atoms with Gasteiger partial charge >= 0.3 is 0 Å². The number of nitrogens with zero attached hydrogens (tertiary/aromatic N) is 1. The normalized spacial score (nSPS) is 13.0. The highest BCUT2D eigenvalue weighted by Crippen LogP contribution is 2.49. The molecule has 9 rings (SSSR count). The second kappa shape index (κ2) is 9.30. The lowest BCUT2D eigenvalue weighted by molar-refractivity contribution is 0.999. The summed E-state index contributed by atoms with van der Waals surface area (Å²) in [5, 5.41) is 10.5. The summed E-state index contributed by atoms with van der Waals surface area (Å²) in [7, 11) is 0. The molecular formula is C40H27NS. The van der Waals surface area contributed by atoms with Gasteiger partial charge in [-0.3, -0.25) is 0 Å². The molecule has 0 radical (unpaired) electrons. The first-order valence-electron chi connectivity index (χ1n) is 14.7. The van der Waals surface area contributed by atoms with Gasteiger partial charge in [0.15, 0.2) is 0 Å². The van der Waals surface area contributed by atoms with Gasteiger partial charge in [-0.2, -0.15) is 0 Å². The molecule has 0 atom stereocenters. The molecule has 0 amide bonds. The molecule has 1 aliphatic carbocycles. The van der Waals surface area contributed by atoms with E-state index in [0.717, 1.165) is 18.5 Å². The van der Waals surface area contributed by atoms with Crippen LogP contribution < -0.4 is 4.90 Å². The van der Waals surface area contributed by atoms with Gasteiger partial charge in [0.25, 0.3) is 0 Å². The lowest BCUT2D eigenvalue weighted by Gasteiger charge is -2.29. The molecule has 0 N–H and O–H groups in total. The van der Waals surface area contributed by atoms with E-state index in [2.05, 4.69) is 144 Å². The van der Waals surface area contributed by atoms with Gasteiger partial charge in [-0.1, -0.05) is 109 Å². The van der Waals surface area contributed by atoms with Gasteiger partial charge in [0.1, 0.15) is 0 Å². The quantitative estimate of drug-likeness (QED) is 0.197. The maximum atomic E-state index is 2.49. The summed E-state index contributed by atoms with van der Waals surface area (Å²) in [4.78, 5) is 2.49. The van der Waals surface area contributed by atoms with Gasteiger partial charge in [-0.15, -0.1) is 11.3 Å². The van der Waals surface area contributed by atoms with E-state index >= 15 is 0 Å². The Hall–Kier alpha value is -4.92. The van der Waals surface area contributed by atoms with Crippen LogP contribution in [-0.4, -0.2) is 0 Å². The summed E-state index contributed by atoms with van der Waals surface area (Å²) >= 11 is 1.93. The van der Waals surface area contributed by atoms with Gasteiger partial charge in [-0.05, 0) is 75.8 Å². The fourth-order valence-electron chi connectivity index (χ4n) is 7.04. The molecule has 0 fully saturated rings. The molecule has 0 bridgehead atoms. The number of para-hydroxylation sites is 1. The van der Waals surface area contributed by atoms with Crippen LogP contribution in [0.2, 0.25) is 0 Å². The van der Waals surface area contributed by atoms with Gasteiger partial charge in [-0.25, -0.2) is 0 Å². The molecule has 0 saturated carbocycles. The Bertz CT molecular complexity index is 2360. The average Bonchev–Trinajstić information content (AvgIpc) is 3.45. The van der Waals surface area contributed by atoms with E-state index in [-0.39, 0.29) is 0 Å². The van der Waals surface area contributed by atoms with Crippen molar-refractivity contribution < 1.29 is 0 Å². The van der Waals surface area contributed by atoms with Crippen molar-refractivity contribution in [1.82, 2.24) is 0 Å². The highest BCUT2D eigenvalue weighted by Gasteiger charge is 2.23. The van der Waals surface area contributed by atoms with Crippen LogP contribution in [0.15, 0.2) is 133 Å². The standard InChI is InChI=1S/C40H27NS/c1-2-14-28(15-3-1)41(35-24-27-13-5-6-16-29(27)31-18-8-9-19-32(31)35)36-25-38-40(34-21-11-10-20-33(34)36)39-30-17-7-4-12-26(30)22-23-37(39)42-38/h1-6,8-16,18-25H,7,17H2. The lowest BCUT2D eigenvalue weighted by Crippen LogP contribution is -2.11. The summed E-state index contributed by atoms with van der Waals surface area (Å²) in [6, 6.07) is 46.9. The number of anilines is 3. The van der Waals surface area contributed by atoms with Crippen LogP contribution in [0.3, 0.4) is 0 Å². The molecule has 1 aromatic heterocycles. The smallest absolute Gasteiger partial charge is 0.0554 e. The number of fused-ring (bicyclic) bond motifs is 10. The first-order chi connectivity index (χ1) is 20.8. The predicted octanol–water partition coefficient (Wildman–Crippen LogP) is 11.9. The summed E-state index contributed by atoms with van der Waals surface area (Å²) < 4.78 is 2.72. The molecule has 2 heteroatoms. The number of allylic oxidation sites excluding steroid dienone is 1. The summed E-state index contributed by atoms with van der Waals surface area (Å²) in [6.07, 6.45) is 6.82. The molecule has 0 spiro atoms. The van der Waals surface area contributed by atoms with Gasteiger partial charge in [0.05, 0.1) is 11.4 Å². The fourth-order valence-corrected chi connectivity index (χ4v) is 8.23. The van der Waals surface area contributed by atoms with E-state index < -0.39 is 0 Å². The zero-order valence-corrected chi connectivity index (χ0v) is 23.9. The minimum atomic E-state index is 1.10. The van der Waals surface area contributed by atoms with Crippen molar-refractivity contribution in [2.45, 2.75) is 12.8 Å². The molecule has 1 heterocycles. The zero-order chi connectivity index (χ0) is 27.6. The van der Waals surface area contributed by atoms with E-state index in [4.69, 9.17) is 0 Å². The van der Waals surface area contributed by atoms with Crippen LogP contribution in [0.4, 0.5) is 17.1 Å². The maximum absolute atomic E-state index is 2.49. The van der Waals surface area contributed by atoms with E-state index in [1.54, 1.807) is 0 Å². The fraction of sp³-hybridized carbons (Fsp3) is 0.0500. The van der Waals surface area contributed by atoms with Crippen LogP contribution in [-0.2, 0) is 6.42 Å². The number of hydrogen-bond donors (Lipinski definition) is 0. The topological polar surface area (TPSA) is 3.24 Å². The first kappa shape index (κ1) is 23.8. The number of benzene rings is 7. The molecule has 7 aromatic carbocycles. The lowest BCUT2D eigenvalue weighted by atomic mass is 9.91. The van der Waals surface area contributed by atoms with Gasteiger partial charge in [0, 0.05) is 36.6 Å². The van der Waals surface area contributed by atoms with Crippen LogP contribution in [0.5, 0.6) is 0 Å².